The van der Waals surface area contributed by atoms with Crippen molar-refractivity contribution in [3.63, 3.8) is 0 Å². The molecule has 0 saturated carbocycles. The number of anilines is 1. The molecule has 1 N–H and O–H groups in total. The molecule has 7 nitrogen and oxygen atoms in total. The highest BCUT2D eigenvalue weighted by Gasteiger charge is 2.31. The third-order valence-electron chi connectivity index (χ3n) is 3.85. The summed E-state index contributed by atoms with van der Waals surface area (Å²) in [6.45, 7) is 1.67. The Hall–Kier alpha value is -1.62. The van der Waals surface area contributed by atoms with Crippen LogP contribution >= 0.6 is 22.6 Å². The Balaban J connectivity index is 1.65. The molecule has 1 atom stereocenters. The van der Waals surface area contributed by atoms with Crippen molar-refractivity contribution in [3.05, 3.63) is 39.6 Å². The quantitative estimate of drug-likeness (QED) is 0.670. The number of aryl methyl sites for hydroxylation is 1. The second kappa shape index (κ2) is 7.32. The van der Waals surface area contributed by atoms with Gasteiger partial charge in [-0.2, -0.15) is 5.10 Å². The molecule has 1 unspecified atom stereocenters. The van der Waals surface area contributed by atoms with Crippen LogP contribution in [0.25, 0.3) is 0 Å². The first kappa shape index (κ1) is 18.2. The Bertz CT molecular complexity index is 895. The Morgan fingerprint density at radius 2 is 2.24 bits per heavy atom. The van der Waals surface area contributed by atoms with Crippen molar-refractivity contribution < 1.29 is 17.9 Å². The van der Waals surface area contributed by atoms with E-state index in [4.69, 9.17) is 4.74 Å². The van der Waals surface area contributed by atoms with E-state index >= 15 is 0 Å². The summed E-state index contributed by atoms with van der Waals surface area (Å²) in [5, 5.41) is 7.10. The van der Waals surface area contributed by atoms with Crippen molar-refractivity contribution in [2.45, 2.75) is 19.4 Å². The fourth-order valence-electron chi connectivity index (χ4n) is 2.74. The van der Waals surface area contributed by atoms with E-state index in [-0.39, 0.29) is 30.1 Å². The van der Waals surface area contributed by atoms with Crippen LogP contribution in [0.2, 0.25) is 0 Å². The zero-order valence-electron chi connectivity index (χ0n) is 13.6. The number of aromatic nitrogens is 2. The number of nitrogens with one attached hydrogen (secondary N) is 1. The molecule has 1 saturated heterocycles. The molecular weight excluding hydrogens is 457 g/mol. The Morgan fingerprint density at radius 1 is 1.44 bits per heavy atom. The topological polar surface area (TPSA) is 90.3 Å². The molecule has 2 heterocycles. The van der Waals surface area contributed by atoms with E-state index in [2.05, 4.69) is 33.0 Å². The van der Waals surface area contributed by atoms with Gasteiger partial charge in [0.2, 0.25) is 0 Å². The summed E-state index contributed by atoms with van der Waals surface area (Å²) in [5.41, 5.74) is 0.720. The number of carbonyl (C=O) groups is 1. The number of rotatable bonds is 5. The molecule has 25 heavy (non-hydrogen) atoms. The van der Waals surface area contributed by atoms with Gasteiger partial charge in [-0.25, -0.2) is 13.1 Å². The maximum atomic E-state index is 12.2. The lowest BCUT2D eigenvalue weighted by Gasteiger charge is -2.14. The van der Waals surface area contributed by atoms with Crippen LogP contribution in [0.1, 0.15) is 18.2 Å². The summed E-state index contributed by atoms with van der Waals surface area (Å²) < 4.78 is 31.5. The van der Waals surface area contributed by atoms with Crippen molar-refractivity contribution >= 4 is 44.2 Å². The van der Waals surface area contributed by atoms with Gasteiger partial charge in [0.05, 0.1) is 23.2 Å². The number of hydrogen-bond donors (Lipinski definition) is 1. The number of amides is 1. The van der Waals surface area contributed by atoms with Gasteiger partial charge in [0.15, 0.2) is 16.4 Å². The lowest BCUT2D eigenvalue weighted by atomic mass is 10.3. The van der Waals surface area contributed by atoms with Crippen molar-refractivity contribution in [2.75, 3.05) is 23.4 Å². The fourth-order valence-corrected chi connectivity index (χ4v) is 4.95. The van der Waals surface area contributed by atoms with Crippen LogP contribution in [0, 0.1) is 10.5 Å². The van der Waals surface area contributed by atoms with E-state index in [1.165, 1.54) is 0 Å². The molecular formula is C16H18IN3O4S. The van der Waals surface area contributed by atoms with Crippen LogP contribution in [0.5, 0.6) is 5.75 Å². The van der Waals surface area contributed by atoms with E-state index in [9.17, 15) is 13.2 Å². The predicted molar refractivity (Wildman–Crippen MR) is 103 cm³/mol. The predicted octanol–water partition coefficient (Wildman–Crippen LogP) is 2.17. The number of sulfone groups is 1. The molecule has 0 radical (unpaired) electrons. The Labute approximate surface area is 159 Å². The SMILES string of the molecule is Cc1cc(NC(=O)COc2cccc(I)c2)n(C2CCS(=O)(=O)C2)n1. The van der Waals surface area contributed by atoms with Gasteiger partial charge in [-0.1, -0.05) is 6.07 Å². The summed E-state index contributed by atoms with van der Waals surface area (Å²) in [6, 6.07) is 8.90. The second-order valence-electron chi connectivity index (χ2n) is 5.97. The molecule has 2 aromatic rings. The van der Waals surface area contributed by atoms with Crippen LogP contribution < -0.4 is 10.1 Å². The van der Waals surface area contributed by atoms with Crippen molar-refractivity contribution in [2.24, 2.45) is 0 Å². The van der Waals surface area contributed by atoms with Crippen molar-refractivity contribution in [1.82, 2.24) is 9.78 Å². The largest absolute Gasteiger partial charge is 0.484 e. The van der Waals surface area contributed by atoms with Gasteiger partial charge in [-0.15, -0.1) is 0 Å². The number of ether oxygens (including phenoxy) is 1. The molecule has 3 rings (SSSR count). The highest BCUT2D eigenvalue weighted by Crippen LogP contribution is 2.27. The Kier molecular flexibility index (Phi) is 5.32. The molecule has 1 aliphatic rings. The number of hydrogen-bond acceptors (Lipinski definition) is 5. The first-order chi connectivity index (χ1) is 11.8. The number of nitrogens with zero attached hydrogens (tertiary/aromatic N) is 2. The van der Waals surface area contributed by atoms with E-state index in [0.717, 1.165) is 9.26 Å². The average Bonchev–Trinajstić information content (AvgIpc) is 3.07. The van der Waals surface area contributed by atoms with Gasteiger partial charge in [-0.3, -0.25) is 4.79 Å². The van der Waals surface area contributed by atoms with Gasteiger partial charge in [0, 0.05) is 9.64 Å². The first-order valence-electron chi connectivity index (χ1n) is 7.77. The summed E-state index contributed by atoms with van der Waals surface area (Å²) in [7, 11) is -3.03. The van der Waals surface area contributed by atoms with Crippen LogP contribution in [-0.2, 0) is 14.6 Å². The summed E-state index contributed by atoms with van der Waals surface area (Å²) in [4.78, 5) is 12.2. The lowest BCUT2D eigenvalue weighted by molar-refractivity contribution is -0.118. The smallest absolute Gasteiger partial charge is 0.263 e. The minimum Gasteiger partial charge on any atom is -0.484 e. The van der Waals surface area contributed by atoms with Gasteiger partial charge < -0.3 is 10.1 Å². The lowest BCUT2D eigenvalue weighted by Crippen LogP contribution is -2.23. The zero-order chi connectivity index (χ0) is 18.0. The highest BCUT2D eigenvalue weighted by molar-refractivity contribution is 14.1. The van der Waals surface area contributed by atoms with Crippen LogP contribution in [0.15, 0.2) is 30.3 Å². The molecule has 134 valence electrons. The van der Waals surface area contributed by atoms with E-state index in [1.54, 1.807) is 23.7 Å². The molecule has 1 aliphatic heterocycles. The Morgan fingerprint density at radius 3 is 2.92 bits per heavy atom. The van der Waals surface area contributed by atoms with Crippen LogP contribution in [0.4, 0.5) is 5.82 Å². The van der Waals surface area contributed by atoms with E-state index in [0.29, 0.717) is 18.0 Å². The number of carbonyl (C=O) groups excluding carboxylic acids is 1. The normalized spacial score (nSPS) is 18.9. The van der Waals surface area contributed by atoms with Crippen molar-refractivity contribution in [3.8, 4) is 5.75 Å². The number of benzene rings is 1. The molecule has 1 amide bonds. The first-order valence-corrected chi connectivity index (χ1v) is 10.7. The minimum absolute atomic E-state index is 0.0515. The highest BCUT2D eigenvalue weighted by atomic mass is 127. The zero-order valence-corrected chi connectivity index (χ0v) is 16.6. The van der Waals surface area contributed by atoms with E-state index in [1.807, 2.05) is 18.2 Å². The minimum atomic E-state index is -3.03. The standard InChI is InChI=1S/C16H18IN3O4S/c1-11-7-15(20(19-11)13-5-6-25(22,23)10-13)18-16(21)9-24-14-4-2-3-12(17)8-14/h2-4,7-8,13H,5-6,9-10H2,1H3,(H,18,21). The van der Waals surface area contributed by atoms with E-state index < -0.39 is 9.84 Å². The van der Waals surface area contributed by atoms with Crippen LogP contribution in [-0.4, -0.2) is 42.2 Å². The molecule has 0 bridgehead atoms. The van der Waals surface area contributed by atoms with Crippen molar-refractivity contribution in [1.29, 1.82) is 0 Å². The summed E-state index contributed by atoms with van der Waals surface area (Å²) in [5.74, 6) is 1.00. The fraction of sp³-hybridized carbons (Fsp3) is 0.375. The monoisotopic (exact) mass is 475 g/mol. The second-order valence-corrected chi connectivity index (χ2v) is 9.44. The molecule has 0 spiro atoms. The summed E-state index contributed by atoms with van der Waals surface area (Å²) >= 11 is 2.17. The maximum Gasteiger partial charge on any atom is 0.263 e. The average molecular weight is 475 g/mol. The van der Waals surface area contributed by atoms with Crippen LogP contribution in [0.3, 0.4) is 0 Å². The van der Waals surface area contributed by atoms with Gasteiger partial charge in [0.25, 0.3) is 5.91 Å². The van der Waals surface area contributed by atoms with Gasteiger partial charge in [-0.05, 0) is 54.1 Å². The molecule has 1 aromatic heterocycles. The molecule has 1 fully saturated rings. The van der Waals surface area contributed by atoms with Gasteiger partial charge in [0.1, 0.15) is 11.6 Å². The maximum absolute atomic E-state index is 12.2. The molecule has 1 aromatic carbocycles. The number of halogens is 1. The summed E-state index contributed by atoms with van der Waals surface area (Å²) in [6.07, 6.45) is 0.505. The molecule has 0 aliphatic carbocycles. The third kappa shape index (κ3) is 4.72. The van der Waals surface area contributed by atoms with Gasteiger partial charge >= 0.3 is 0 Å². The molecule has 9 heteroatoms. The third-order valence-corrected chi connectivity index (χ3v) is 6.27.